The minimum Gasteiger partial charge on any atom is -0.369 e. The van der Waals surface area contributed by atoms with Gasteiger partial charge in [0.2, 0.25) is 0 Å². The molecular formula is C25H34N6O. The van der Waals surface area contributed by atoms with Crippen LogP contribution in [0.5, 0.6) is 0 Å². The van der Waals surface area contributed by atoms with Crippen LogP contribution in [-0.4, -0.2) is 64.3 Å². The number of fused-ring (bicyclic) bond motifs is 1. The number of benzene rings is 1. The Morgan fingerprint density at radius 2 is 1.88 bits per heavy atom. The maximum Gasteiger partial charge on any atom is 0.253 e. The zero-order chi connectivity index (χ0) is 22.7. The van der Waals surface area contributed by atoms with Gasteiger partial charge in [-0.05, 0) is 57.9 Å². The Labute approximate surface area is 190 Å². The predicted molar refractivity (Wildman–Crippen MR) is 129 cm³/mol. The Hall–Kier alpha value is -2.93. The van der Waals surface area contributed by atoms with Crippen LogP contribution < -0.4 is 10.2 Å². The molecule has 1 N–H and O–H groups in total. The van der Waals surface area contributed by atoms with Crippen molar-refractivity contribution in [2.24, 2.45) is 0 Å². The lowest BCUT2D eigenvalue weighted by Crippen LogP contribution is -2.47. The van der Waals surface area contributed by atoms with Gasteiger partial charge in [-0.1, -0.05) is 12.1 Å². The van der Waals surface area contributed by atoms with Gasteiger partial charge in [-0.3, -0.25) is 9.69 Å². The molecular weight excluding hydrogens is 400 g/mol. The Morgan fingerprint density at radius 1 is 1.09 bits per heavy atom. The summed E-state index contributed by atoms with van der Waals surface area (Å²) in [6, 6.07) is 10.9. The van der Waals surface area contributed by atoms with Gasteiger partial charge >= 0.3 is 0 Å². The zero-order valence-electron chi connectivity index (χ0n) is 19.6. The maximum absolute atomic E-state index is 12.7. The summed E-state index contributed by atoms with van der Waals surface area (Å²) in [6.45, 7) is 13.5. The molecule has 1 aliphatic heterocycles. The number of pyridine rings is 1. The summed E-state index contributed by atoms with van der Waals surface area (Å²) in [7, 11) is 0. The number of piperazine rings is 1. The van der Waals surface area contributed by atoms with E-state index in [1.165, 1.54) is 11.3 Å². The van der Waals surface area contributed by atoms with E-state index in [1.54, 1.807) is 12.4 Å². The van der Waals surface area contributed by atoms with Gasteiger partial charge in [-0.2, -0.15) is 5.10 Å². The van der Waals surface area contributed by atoms with Gasteiger partial charge in [0, 0.05) is 62.1 Å². The number of aryl methyl sites for hydroxylation is 1. The quantitative estimate of drug-likeness (QED) is 0.615. The molecule has 7 heteroatoms. The molecule has 1 saturated heterocycles. The Bertz CT molecular complexity index is 1070. The van der Waals surface area contributed by atoms with Crippen LogP contribution in [0.1, 0.15) is 49.2 Å². The zero-order valence-corrected chi connectivity index (χ0v) is 19.6. The van der Waals surface area contributed by atoms with Crippen LogP contribution in [0.2, 0.25) is 0 Å². The second-order valence-electron chi connectivity index (χ2n) is 9.15. The third-order valence-electron chi connectivity index (χ3n) is 6.18. The van der Waals surface area contributed by atoms with Crippen molar-refractivity contribution in [1.29, 1.82) is 0 Å². The fourth-order valence-electron chi connectivity index (χ4n) is 4.25. The number of hydrogen-bond acceptors (Lipinski definition) is 5. The molecule has 7 nitrogen and oxygen atoms in total. The molecule has 0 aliphatic carbocycles. The summed E-state index contributed by atoms with van der Waals surface area (Å²) in [4.78, 5) is 22.1. The molecule has 3 heterocycles. The van der Waals surface area contributed by atoms with E-state index >= 15 is 0 Å². The minimum absolute atomic E-state index is 0.0755. The fourth-order valence-corrected chi connectivity index (χ4v) is 4.25. The molecule has 0 spiro atoms. The number of hydrogen-bond donors (Lipinski definition) is 1. The number of carbonyl (C=O) groups excluding carboxylic acids is 1. The van der Waals surface area contributed by atoms with Crippen LogP contribution in [0.4, 0.5) is 5.69 Å². The topological polar surface area (TPSA) is 66.3 Å². The molecule has 1 aliphatic rings. The third kappa shape index (κ3) is 5.10. The first-order valence-electron chi connectivity index (χ1n) is 11.6. The van der Waals surface area contributed by atoms with E-state index in [2.05, 4.69) is 77.2 Å². The fraction of sp³-hybridized carbons (Fsp3) is 0.480. The summed E-state index contributed by atoms with van der Waals surface area (Å²) in [6.07, 6.45) is 4.35. The van der Waals surface area contributed by atoms with Crippen molar-refractivity contribution in [3.8, 4) is 0 Å². The largest absolute Gasteiger partial charge is 0.369 e. The van der Waals surface area contributed by atoms with Gasteiger partial charge in [0.15, 0.2) is 5.65 Å². The summed E-state index contributed by atoms with van der Waals surface area (Å²) in [5.41, 5.74) is 4.02. The highest BCUT2D eigenvalue weighted by molar-refractivity contribution is 5.96. The summed E-state index contributed by atoms with van der Waals surface area (Å²) >= 11 is 0. The highest BCUT2D eigenvalue weighted by Crippen LogP contribution is 2.19. The molecule has 32 heavy (non-hydrogen) atoms. The van der Waals surface area contributed by atoms with Gasteiger partial charge in [-0.15, -0.1) is 0 Å². The summed E-state index contributed by atoms with van der Waals surface area (Å²) in [5, 5.41) is 8.40. The number of nitrogens with one attached hydrogen (secondary N) is 1. The van der Waals surface area contributed by atoms with Crippen molar-refractivity contribution in [1.82, 2.24) is 25.0 Å². The molecule has 0 bridgehead atoms. The van der Waals surface area contributed by atoms with Crippen LogP contribution in [0.3, 0.4) is 0 Å². The Balaban J connectivity index is 1.25. The van der Waals surface area contributed by atoms with Crippen molar-refractivity contribution in [2.45, 2.75) is 46.2 Å². The normalized spacial score (nSPS) is 16.0. The first-order valence-corrected chi connectivity index (χ1v) is 11.6. The molecule has 1 atom stereocenters. The van der Waals surface area contributed by atoms with Gasteiger partial charge in [0.25, 0.3) is 5.91 Å². The lowest BCUT2D eigenvalue weighted by Gasteiger charge is -2.36. The molecule has 4 rings (SSSR count). The van der Waals surface area contributed by atoms with Crippen molar-refractivity contribution in [2.75, 3.05) is 37.6 Å². The highest BCUT2D eigenvalue weighted by Gasteiger charge is 2.19. The molecule has 0 radical (unpaired) electrons. The number of carbonyl (C=O) groups is 1. The minimum atomic E-state index is -0.0755. The number of nitrogens with zero attached hydrogens (tertiary/aromatic N) is 5. The van der Waals surface area contributed by atoms with Crippen LogP contribution in [0.15, 0.2) is 42.7 Å². The van der Waals surface area contributed by atoms with E-state index in [-0.39, 0.29) is 18.0 Å². The second kappa shape index (κ2) is 9.69. The molecule has 0 saturated carbocycles. The van der Waals surface area contributed by atoms with Crippen molar-refractivity contribution in [3.63, 3.8) is 0 Å². The van der Waals surface area contributed by atoms with Gasteiger partial charge in [0.05, 0.1) is 11.8 Å². The molecule has 1 fully saturated rings. The molecule has 170 valence electrons. The van der Waals surface area contributed by atoms with Crippen LogP contribution in [0, 0.1) is 6.92 Å². The second-order valence-corrected chi connectivity index (χ2v) is 9.15. The molecule has 1 unspecified atom stereocenters. The monoisotopic (exact) mass is 434 g/mol. The van der Waals surface area contributed by atoms with E-state index in [0.29, 0.717) is 5.56 Å². The lowest BCUT2D eigenvalue weighted by molar-refractivity contribution is 0.0935. The van der Waals surface area contributed by atoms with Gasteiger partial charge in [0.1, 0.15) is 0 Å². The van der Waals surface area contributed by atoms with Crippen molar-refractivity contribution < 1.29 is 4.79 Å². The number of amides is 1. The van der Waals surface area contributed by atoms with Crippen molar-refractivity contribution >= 4 is 22.6 Å². The number of anilines is 1. The summed E-state index contributed by atoms with van der Waals surface area (Å²) < 4.78 is 1.87. The van der Waals surface area contributed by atoms with E-state index in [9.17, 15) is 4.79 Å². The molecule has 1 amide bonds. The lowest BCUT2D eigenvalue weighted by atomic mass is 10.1. The number of aromatic nitrogens is 3. The Morgan fingerprint density at radius 3 is 2.59 bits per heavy atom. The van der Waals surface area contributed by atoms with Crippen LogP contribution >= 0.6 is 0 Å². The van der Waals surface area contributed by atoms with E-state index < -0.39 is 0 Å². The van der Waals surface area contributed by atoms with Crippen molar-refractivity contribution in [3.05, 3.63) is 53.9 Å². The molecule has 2 aromatic heterocycles. The highest BCUT2D eigenvalue weighted by atomic mass is 16.1. The predicted octanol–water partition coefficient (Wildman–Crippen LogP) is 3.65. The average Bonchev–Trinajstić information content (AvgIpc) is 3.22. The van der Waals surface area contributed by atoms with Gasteiger partial charge in [-0.25, -0.2) is 9.67 Å². The molecule has 1 aromatic carbocycles. The third-order valence-corrected chi connectivity index (χ3v) is 6.18. The number of rotatable bonds is 7. The van der Waals surface area contributed by atoms with E-state index in [0.717, 1.165) is 50.2 Å². The Kier molecular flexibility index (Phi) is 6.74. The van der Waals surface area contributed by atoms with Crippen LogP contribution in [-0.2, 0) is 0 Å². The smallest absolute Gasteiger partial charge is 0.253 e. The van der Waals surface area contributed by atoms with Crippen LogP contribution in [0.25, 0.3) is 11.0 Å². The van der Waals surface area contributed by atoms with E-state index in [4.69, 9.17) is 0 Å². The van der Waals surface area contributed by atoms with E-state index in [1.807, 2.05) is 10.7 Å². The average molecular weight is 435 g/mol. The first-order chi connectivity index (χ1) is 15.4. The standard InChI is InChI=1S/C25H34N6O/c1-18(2)31-24-21(17-27-31)15-22(16-26-24)25(32)28-20(4)8-9-29-10-12-30(13-11-29)23-7-5-6-19(3)14-23/h5-7,14-18,20H,8-13H2,1-4H3,(H,28,32). The maximum atomic E-state index is 12.7. The van der Waals surface area contributed by atoms with Gasteiger partial charge < -0.3 is 10.2 Å². The SMILES string of the molecule is Cc1cccc(N2CCN(CCC(C)NC(=O)c3cnc4c(cnn4C(C)C)c3)CC2)c1. The molecule has 3 aromatic rings. The summed E-state index contributed by atoms with van der Waals surface area (Å²) in [5.74, 6) is -0.0755. The first kappa shape index (κ1) is 22.3.